The fourth-order valence-corrected chi connectivity index (χ4v) is 2.46. The Morgan fingerprint density at radius 2 is 1.90 bits per heavy atom. The molecule has 0 aliphatic heterocycles. The van der Waals surface area contributed by atoms with Crippen LogP contribution in [0.5, 0.6) is 0 Å². The Kier molecular flexibility index (Phi) is 3.34. The molecule has 1 aromatic carbocycles. The summed E-state index contributed by atoms with van der Waals surface area (Å²) in [7, 11) is 1.77. The van der Waals surface area contributed by atoms with Crippen LogP contribution in [0, 0.1) is 0 Å². The van der Waals surface area contributed by atoms with Gasteiger partial charge in [-0.3, -0.25) is 9.78 Å². The van der Waals surface area contributed by atoms with Gasteiger partial charge in [-0.05, 0) is 41.1 Å². The van der Waals surface area contributed by atoms with E-state index in [0.717, 1.165) is 22.0 Å². The molecule has 2 heterocycles. The zero-order valence-corrected chi connectivity index (χ0v) is 12.5. The van der Waals surface area contributed by atoms with Gasteiger partial charge < -0.3 is 4.57 Å². The molecule has 0 atom stereocenters. The van der Waals surface area contributed by atoms with Gasteiger partial charge in [-0.2, -0.15) is 0 Å². The summed E-state index contributed by atoms with van der Waals surface area (Å²) in [6.07, 6.45) is 3.62. The lowest BCUT2D eigenvalue weighted by Crippen LogP contribution is -2.15. The van der Waals surface area contributed by atoms with Gasteiger partial charge >= 0.3 is 0 Å². The number of fused-ring (bicyclic) bond motifs is 1. The Hall–Kier alpha value is -2.42. The van der Waals surface area contributed by atoms with Gasteiger partial charge in [-0.1, -0.05) is 26.0 Å². The third kappa shape index (κ3) is 2.47. The standard InChI is InChI=1S/C18H18N2O/c1-12(2)14-6-8-19-17(11-14)15-5-4-13-7-9-20(3)18(21)16(13)10-15/h4-12H,1-3H3. The van der Waals surface area contributed by atoms with Crippen molar-refractivity contribution in [2.75, 3.05) is 0 Å². The molecule has 3 aromatic rings. The van der Waals surface area contributed by atoms with Crippen molar-refractivity contribution in [3.05, 3.63) is 64.7 Å². The van der Waals surface area contributed by atoms with Crippen molar-refractivity contribution in [3.63, 3.8) is 0 Å². The molecule has 0 unspecified atom stereocenters. The highest BCUT2D eigenvalue weighted by Gasteiger charge is 2.06. The van der Waals surface area contributed by atoms with Gasteiger partial charge in [-0.25, -0.2) is 0 Å². The molecule has 21 heavy (non-hydrogen) atoms. The molecule has 0 saturated carbocycles. The van der Waals surface area contributed by atoms with E-state index in [2.05, 4.69) is 24.9 Å². The lowest BCUT2D eigenvalue weighted by Gasteiger charge is -2.08. The van der Waals surface area contributed by atoms with Crippen molar-refractivity contribution in [1.82, 2.24) is 9.55 Å². The predicted octanol–water partition coefficient (Wildman–Crippen LogP) is 3.72. The number of aryl methyl sites for hydroxylation is 1. The zero-order valence-electron chi connectivity index (χ0n) is 12.5. The second-order valence-corrected chi connectivity index (χ2v) is 5.66. The van der Waals surface area contributed by atoms with Gasteiger partial charge in [-0.15, -0.1) is 0 Å². The Labute approximate surface area is 123 Å². The first kappa shape index (κ1) is 13.6. The smallest absolute Gasteiger partial charge is 0.258 e. The number of pyridine rings is 2. The summed E-state index contributed by atoms with van der Waals surface area (Å²) >= 11 is 0. The van der Waals surface area contributed by atoms with Crippen LogP contribution in [0.25, 0.3) is 22.0 Å². The summed E-state index contributed by atoms with van der Waals surface area (Å²) in [5.41, 5.74) is 3.16. The molecule has 0 aliphatic rings. The van der Waals surface area contributed by atoms with E-state index < -0.39 is 0 Å². The van der Waals surface area contributed by atoms with Crippen LogP contribution in [0.1, 0.15) is 25.3 Å². The van der Waals surface area contributed by atoms with E-state index in [1.807, 2.05) is 36.5 Å². The highest BCUT2D eigenvalue weighted by molar-refractivity contribution is 5.86. The molecule has 3 heteroatoms. The first-order valence-electron chi connectivity index (χ1n) is 7.12. The minimum absolute atomic E-state index is 0.0226. The topological polar surface area (TPSA) is 34.9 Å². The molecule has 2 aromatic heterocycles. The van der Waals surface area contributed by atoms with Crippen LogP contribution >= 0.6 is 0 Å². The Bertz CT molecular complexity index is 862. The number of benzene rings is 1. The van der Waals surface area contributed by atoms with Crippen LogP contribution in [0.4, 0.5) is 0 Å². The molecule has 3 nitrogen and oxygen atoms in total. The highest BCUT2D eigenvalue weighted by Crippen LogP contribution is 2.24. The number of hydrogen-bond donors (Lipinski definition) is 0. The molecule has 106 valence electrons. The van der Waals surface area contributed by atoms with Gasteiger partial charge in [0.2, 0.25) is 0 Å². The molecular weight excluding hydrogens is 260 g/mol. The minimum atomic E-state index is 0.0226. The highest BCUT2D eigenvalue weighted by atomic mass is 16.1. The third-order valence-corrected chi connectivity index (χ3v) is 3.83. The maximum Gasteiger partial charge on any atom is 0.258 e. The van der Waals surface area contributed by atoms with Crippen LogP contribution < -0.4 is 5.56 Å². The number of aromatic nitrogens is 2. The van der Waals surface area contributed by atoms with Crippen LogP contribution in [-0.2, 0) is 7.05 Å². The number of rotatable bonds is 2. The Morgan fingerprint density at radius 1 is 1.10 bits per heavy atom. The summed E-state index contributed by atoms with van der Waals surface area (Å²) in [6, 6.07) is 12.0. The summed E-state index contributed by atoms with van der Waals surface area (Å²) in [5.74, 6) is 0.458. The number of hydrogen-bond acceptors (Lipinski definition) is 2. The maximum absolute atomic E-state index is 12.2. The van der Waals surface area contributed by atoms with Crippen molar-refractivity contribution in [2.24, 2.45) is 7.05 Å². The van der Waals surface area contributed by atoms with Crippen LogP contribution in [0.3, 0.4) is 0 Å². The summed E-state index contributed by atoms with van der Waals surface area (Å²) in [4.78, 5) is 16.7. The fraction of sp³-hybridized carbons (Fsp3) is 0.222. The summed E-state index contributed by atoms with van der Waals surface area (Å²) in [5, 5.41) is 1.69. The van der Waals surface area contributed by atoms with E-state index in [9.17, 15) is 4.79 Å². The molecule has 0 amide bonds. The van der Waals surface area contributed by atoms with Crippen LogP contribution in [-0.4, -0.2) is 9.55 Å². The molecule has 0 spiro atoms. The zero-order chi connectivity index (χ0) is 15.0. The molecular formula is C18H18N2O. The first-order chi connectivity index (χ1) is 10.1. The SMILES string of the molecule is CC(C)c1ccnc(-c2ccc3ccn(C)c(=O)c3c2)c1. The summed E-state index contributed by atoms with van der Waals surface area (Å²) < 4.78 is 1.60. The van der Waals surface area contributed by atoms with Gasteiger partial charge in [0.15, 0.2) is 0 Å². The van der Waals surface area contributed by atoms with E-state index >= 15 is 0 Å². The lowest BCUT2D eigenvalue weighted by molar-refractivity contribution is 0.863. The molecule has 0 N–H and O–H groups in total. The molecule has 0 bridgehead atoms. The van der Waals surface area contributed by atoms with Crippen molar-refractivity contribution in [3.8, 4) is 11.3 Å². The quantitative estimate of drug-likeness (QED) is 0.716. The molecule has 0 radical (unpaired) electrons. The van der Waals surface area contributed by atoms with Gasteiger partial charge in [0.1, 0.15) is 0 Å². The van der Waals surface area contributed by atoms with Gasteiger partial charge in [0, 0.05) is 30.4 Å². The number of nitrogens with zero attached hydrogens (tertiary/aromatic N) is 2. The first-order valence-corrected chi connectivity index (χ1v) is 7.12. The Morgan fingerprint density at radius 3 is 2.67 bits per heavy atom. The molecule has 0 aliphatic carbocycles. The lowest BCUT2D eigenvalue weighted by atomic mass is 10.0. The predicted molar refractivity (Wildman–Crippen MR) is 86.5 cm³/mol. The minimum Gasteiger partial charge on any atom is -0.318 e. The van der Waals surface area contributed by atoms with Crippen LogP contribution in [0.15, 0.2) is 53.6 Å². The van der Waals surface area contributed by atoms with Crippen molar-refractivity contribution in [1.29, 1.82) is 0 Å². The molecule has 0 saturated heterocycles. The monoisotopic (exact) mass is 278 g/mol. The average Bonchev–Trinajstić information content (AvgIpc) is 2.51. The second-order valence-electron chi connectivity index (χ2n) is 5.66. The van der Waals surface area contributed by atoms with E-state index in [1.54, 1.807) is 17.8 Å². The van der Waals surface area contributed by atoms with E-state index in [1.165, 1.54) is 5.56 Å². The van der Waals surface area contributed by atoms with Gasteiger partial charge in [0.05, 0.1) is 5.69 Å². The van der Waals surface area contributed by atoms with Crippen molar-refractivity contribution >= 4 is 10.8 Å². The fourth-order valence-electron chi connectivity index (χ4n) is 2.46. The summed E-state index contributed by atoms with van der Waals surface area (Å²) in [6.45, 7) is 4.32. The molecule has 3 rings (SSSR count). The second kappa shape index (κ2) is 5.17. The maximum atomic E-state index is 12.2. The van der Waals surface area contributed by atoms with Crippen molar-refractivity contribution in [2.45, 2.75) is 19.8 Å². The average molecular weight is 278 g/mol. The van der Waals surface area contributed by atoms with E-state index in [-0.39, 0.29) is 5.56 Å². The van der Waals surface area contributed by atoms with E-state index in [0.29, 0.717) is 5.92 Å². The van der Waals surface area contributed by atoms with E-state index in [4.69, 9.17) is 0 Å². The largest absolute Gasteiger partial charge is 0.318 e. The van der Waals surface area contributed by atoms with Crippen LogP contribution in [0.2, 0.25) is 0 Å². The van der Waals surface area contributed by atoms with Crippen molar-refractivity contribution < 1.29 is 0 Å². The van der Waals surface area contributed by atoms with Gasteiger partial charge in [0.25, 0.3) is 5.56 Å². The third-order valence-electron chi connectivity index (χ3n) is 3.83. The normalized spacial score (nSPS) is 11.2. The Balaban J connectivity index is 2.19. The molecule has 0 fully saturated rings.